The van der Waals surface area contributed by atoms with E-state index in [1.165, 1.54) is 0 Å². The van der Waals surface area contributed by atoms with Crippen LogP contribution in [-0.4, -0.2) is 29.7 Å². The molecule has 2 aliphatic heterocycles. The van der Waals surface area contributed by atoms with Gasteiger partial charge in [-0.3, -0.25) is 0 Å². The Morgan fingerprint density at radius 2 is 1.24 bits per heavy atom. The smallest absolute Gasteiger partial charge is 0.163 e. The lowest BCUT2D eigenvalue weighted by Crippen LogP contribution is -2.63. The van der Waals surface area contributed by atoms with Gasteiger partial charge in [-0.15, -0.1) is 0 Å². The standard InChI is InChI=1S/C18H34O3/c1-15(2,3)11-12-14(21-18(9,10)19-12)17(7,8)20-13(11)16(4,5)6/h11-14H,1-10H3/t11?,12-,13?,14-/m0/s1. The molecule has 21 heavy (non-hydrogen) atoms. The first-order chi connectivity index (χ1) is 9.15. The van der Waals surface area contributed by atoms with Crippen LogP contribution >= 0.6 is 0 Å². The van der Waals surface area contributed by atoms with Gasteiger partial charge < -0.3 is 14.2 Å². The van der Waals surface area contributed by atoms with Crippen LogP contribution < -0.4 is 0 Å². The Labute approximate surface area is 130 Å². The quantitative estimate of drug-likeness (QED) is 0.663. The molecular weight excluding hydrogens is 264 g/mol. The second-order valence-corrected chi connectivity index (χ2v) is 9.92. The van der Waals surface area contributed by atoms with Crippen LogP contribution in [0.3, 0.4) is 0 Å². The molecule has 3 heteroatoms. The molecule has 0 saturated carbocycles. The van der Waals surface area contributed by atoms with E-state index in [1.807, 2.05) is 13.8 Å². The van der Waals surface area contributed by atoms with Gasteiger partial charge in [0.15, 0.2) is 5.79 Å². The van der Waals surface area contributed by atoms with Crippen LogP contribution in [0.4, 0.5) is 0 Å². The molecule has 2 fully saturated rings. The zero-order valence-electron chi connectivity index (χ0n) is 15.5. The Balaban J connectivity index is 2.48. The molecular formula is C18H34O3. The zero-order chi connectivity index (χ0) is 16.4. The lowest BCUT2D eigenvalue weighted by Gasteiger charge is -2.55. The molecule has 124 valence electrons. The summed E-state index contributed by atoms with van der Waals surface area (Å²) in [5.74, 6) is -0.232. The minimum absolute atomic E-state index is 0.0182. The maximum absolute atomic E-state index is 6.58. The first-order valence-corrected chi connectivity index (χ1v) is 8.19. The third-order valence-electron chi connectivity index (χ3n) is 4.78. The summed E-state index contributed by atoms with van der Waals surface area (Å²) >= 11 is 0. The normalized spacial score (nSPS) is 39.1. The van der Waals surface area contributed by atoms with E-state index in [0.717, 1.165) is 0 Å². The molecule has 3 nitrogen and oxygen atoms in total. The van der Waals surface area contributed by atoms with Crippen LogP contribution in [0, 0.1) is 16.7 Å². The van der Waals surface area contributed by atoms with Crippen molar-refractivity contribution in [1.29, 1.82) is 0 Å². The van der Waals surface area contributed by atoms with E-state index in [9.17, 15) is 0 Å². The van der Waals surface area contributed by atoms with E-state index < -0.39 is 5.79 Å². The van der Waals surface area contributed by atoms with Crippen molar-refractivity contribution in [2.75, 3.05) is 0 Å². The molecule has 0 aromatic heterocycles. The molecule has 0 spiro atoms. The molecule has 2 heterocycles. The maximum atomic E-state index is 6.58. The van der Waals surface area contributed by atoms with Crippen molar-refractivity contribution in [1.82, 2.24) is 0 Å². The molecule has 0 amide bonds. The average molecular weight is 298 g/mol. The number of fused-ring (bicyclic) bond motifs is 1. The molecule has 0 aromatic carbocycles. The monoisotopic (exact) mass is 298 g/mol. The summed E-state index contributed by atoms with van der Waals surface area (Å²) in [4.78, 5) is 0. The number of rotatable bonds is 0. The molecule has 0 aromatic rings. The summed E-state index contributed by atoms with van der Waals surface area (Å²) in [5.41, 5.74) is -0.171. The summed E-state index contributed by atoms with van der Waals surface area (Å²) in [6.45, 7) is 21.9. The first kappa shape index (κ1) is 17.2. The highest BCUT2D eigenvalue weighted by molar-refractivity contribution is 5.07. The Kier molecular flexibility index (Phi) is 3.85. The molecule has 2 aliphatic rings. The second-order valence-electron chi connectivity index (χ2n) is 9.92. The Morgan fingerprint density at radius 3 is 1.67 bits per heavy atom. The minimum Gasteiger partial charge on any atom is -0.369 e. The third kappa shape index (κ3) is 3.16. The SMILES string of the molecule is CC1(C)O[C@H]2C(C(C)(C)C)C(C(C)(C)C)OC(C)(C)[C@H]2O1. The van der Waals surface area contributed by atoms with Crippen LogP contribution in [0.2, 0.25) is 0 Å². The van der Waals surface area contributed by atoms with Crippen molar-refractivity contribution < 1.29 is 14.2 Å². The molecule has 2 saturated heterocycles. The van der Waals surface area contributed by atoms with Crippen LogP contribution in [-0.2, 0) is 14.2 Å². The fourth-order valence-electron chi connectivity index (χ4n) is 3.89. The average Bonchev–Trinajstić information content (AvgIpc) is 2.49. The topological polar surface area (TPSA) is 27.7 Å². The number of hydrogen-bond acceptors (Lipinski definition) is 3. The van der Waals surface area contributed by atoms with E-state index in [0.29, 0.717) is 5.92 Å². The lowest BCUT2D eigenvalue weighted by atomic mass is 9.63. The number of hydrogen-bond donors (Lipinski definition) is 0. The lowest BCUT2D eigenvalue weighted by molar-refractivity contribution is -0.249. The van der Waals surface area contributed by atoms with Gasteiger partial charge in [0.05, 0.1) is 17.8 Å². The first-order valence-electron chi connectivity index (χ1n) is 8.19. The van der Waals surface area contributed by atoms with Crippen molar-refractivity contribution in [2.24, 2.45) is 16.7 Å². The molecule has 0 N–H and O–H groups in total. The summed E-state index contributed by atoms with van der Waals surface area (Å²) in [6.07, 6.45) is 0.203. The van der Waals surface area contributed by atoms with Crippen molar-refractivity contribution in [2.45, 2.75) is 98.9 Å². The summed E-state index contributed by atoms with van der Waals surface area (Å²) in [6, 6.07) is 0. The predicted octanol–water partition coefficient (Wildman–Crippen LogP) is 4.39. The van der Waals surface area contributed by atoms with Gasteiger partial charge in [0.2, 0.25) is 0 Å². The van der Waals surface area contributed by atoms with Gasteiger partial charge in [0.1, 0.15) is 6.10 Å². The van der Waals surface area contributed by atoms with Crippen LogP contribution in [0.5, 0.6) is 0 Å². The van der Waals surface area contributed by atoms with E-state index >= 15 is 0 Å². The largest absolute Gasteiger partial charge is 0.369 e. The van der Waals surface area contributed by atoms with Gasteiger partial charge in [-0.05, 0) is 38.5 Å². The summed E-state index contributed by atoms with van der Waals surface area (Å²) < 4.78 is 19.1. The second kappa shape index (κ2) is 4.69. The van der Waals surface area contributed by atoms with Gasteiger partial charge >= 0.3 is 0 Å². The van der Waals surface area contributed by atoms with Crippen LogP contribution in [0.25, 0.3) is 0 Å². The molecule has 0 radical (unpaired) electrons. The van der Waals surface area contributed by atoms with E-state index in [2.05, 4.69) is 55.4 Å². The van der Waals surface area contributed by atoms with Crippen LogP contribution in [0.1, 0.15) is 69.2 Å². The molecule has 2 unspecified atom stereocenters. The molecule has 0 bridgehead atoms. The minimum atomic E-state index is -0.535. The van der Waals surface area contributed by atoms with Gasteiger partial charge in [0, 0.05) is 5.92 Å². The van der Waals surface area contributed by atoms with Crippen molar-refractivity contribution in [3.05, 3.63) is 0 Å². The maximum Gasteiger partial charge on any atom is 0.163 e. The van der Waals surface area contributed by atoms with Gasteiger partial charge in [-0.2, -0.15) is 0 Å². The predicted molar refractivity (Wildman–Crippen MR) is 85.2 cm³/mol. The Bertz CT molecular complexity index is 398. The van der Waals surface area contributed by atoms with Crippen molar-refractivity contribution in [3.8, 4) is 0 Å². The fraction of sp³-hybridized carbons (Fsp3) is 1.00. The zero-order valence-corrected chi connectivity index (χ0v) is 15.5. The highest BCUT2D eigenvalue weighted by Gasteiger charge is 2.62. The fourth-order valence-corrected chi connectivity index (χ4v) is 3.89. The Hall–Kier alpha value is -0.120. The van der Waals surface area contributed by atoms with Crippen molar-refractivity contribution >= 4 is 0 Å². The summed E-state index contributed by atoms with van der Waals surface area (Å²) in [7, 11) is 0. The summed E-state index contributed by atoms with van der Waals surface area (Å²) in [5, 5.41) is 0. The van der Waals surface area contributed by atoms with E-state index in [-0.39, 0.29) is 34.7 Å². The van der Waals surface area contributed by atoms with Crippen LogP contribution in [0.15, 0.2) is 0 Å². The van der Waals surface area contributed by atoms with Gasteiger partial charge in [-0.1, -0.05) is 41.5 Å². The van der Waals surface area contributed by atoms with E-state index in [1.54, 1.807) is 0 Å². The molecule has 4 atom stereocenters. The van der Waals surface area contributed by atoms with Crippen molar-refractivity contribution in [3.63, 3.8) is 0 Å². The molecule has 0 aliphatic carbocycles. The molecule has 2 rings (SSSR count). The van der Waals surface area contributed by atoms with E-state index in [4.69, 9.17) is 14.2 Å². The van der Waals surface area contributed by atoms with Gasteiger partial charge in [-0.25, -0.2) is 0 Å². The van der Waals surface area contributed by atoms with Gasteiger partial charge in [0.25, 0.3) is 0 Å². The third-order valence-corrected chi connectivity index (χ3v) is 4.78. The number of ether oxygens (including phenoxy) is 3. The highest BCUT2D eigenvalue weighted by atomic mass is 16.8. The highest BCUT2D eigenvalue weighted by Crippen LogP contribution is 2.53. The Morgan fingerprint density at radius 1 is 0.714 bits per heavy atom.